The molecule has 1 atom stereocenters. The fraction of sp³-hybridized carbons (Fsp3) is 0.320. The Kier molecular flexibility index (Phi) is 6.39. The minimum absolute atomic E-state index is 0.183. The van der Waals surface area contributed by atoms with E-state index >= 15 is 0 Å². The third-order valence-corrected chi connectivity index (χ3v) is 5.96. The molecule has 3 heterocycles. The van der Waals surface area contributed by atoms with Gasteiger partial charge in [-0.3, -0.25) is 14.0 Å². The molecule has 2 aromatic heterocycles. The summed E-state index contributed by atoms with van der Waals surface area (Å²) in [6, 6.07) is 9.67. The second kappa shape index (κ2) is 9.77. The van der Waals surface area contributed by atoms with Crippen LogP contribution in [0.4, 0.5) is 0 Å². The lowest BCUT2D eigenvalue weighted by molar-refractivity contribution is -0.0855. The number of fused-ring (bicyclic) bond motifs is 1. The number of aryl methyl sites for hydroxylation is 1. The molecule has 0 saturated carbocycles. The zero-order chi connectivity index (χ0) is 24.4. The van der Waals surface area contributed by atoms with Gasteiger partial charge >= 0.3 is 0 Å². The lowest BCUT2D eigenvalue weighted by atomic mass is 10.1. The number of nitrogens with one attached hydrogen (secondary N) is 1. The van der Waals surface area contributed by atoms with Gasteiger partial charge in [-0.05, 0) is 17.7 Å². The Labute approximate surface area is 202 Å². The van der Waals surface area contributed by atoms with E-state index in [4.69, 9.17) is 18.9 Å². The molecule has 0 bridgehead atoms. The summed E-state index contributed by atoms with van der Waals surface area (Å²) in [6.07, 6.45) is 5.35. The SMILES string of the molecule is COc1cc(-n2cnc3cc(-c4cnn(C)c4)ccc32)cc(OC)c1C(=O)NC[C@H]1COCCO1. The molecule has 1 N–H and O–H groups in total. The number of amides is 1. The Hall–Kier alpha value is -3.89. The van der Waals surface area contributed by atoms with Crippen molar-refractivity contribution >= 4 is 16.9 Å². The van der Waals surface area contributed by atoms with Crippen LogP contribution in [-0.2, 0) is 16.5 Å². The monoisotopic (exact) mass is 477 g/mol. The summed E-state index contributed by atoms with van der Waals surface area (Å²) in [7, 11) is 4.94. The van der Waals surface area contributed by atoms with Crippen molar-refractivity contribution in [3.63, 3.8) is 0 Å². The number of ether oxygens (including phenoxy) is 4. The van der Waals surface area contributed by atoms with Crippen LogP contribution in [0.3, 0.4) is 0 Å². The van der Waals surface area contributed by atoms with E-state index in [1.54, 1.807) is 23.1 Å². The molecular formula is C25H27N5O5. The van der Waals surface area contributed by atoms with Crippen LogP contribution in [0.5, 0.6) is 11.5 Å². The fourth-order valence-electron chi connectivity index (χ4n) is 4.18. The van der Waals surface area contributed by atoms with Crippen LogP contribution >= 0.6 is 0 Å². The maximum Gasteiger partial charge on any atom is 0.258 e. The highest BCUT2D eigenvalue weighted by atomic mass is 16.6. The van der Waals surface area contributed by atoms with Gasteiger partial charge in [0.2, 0.25) is 0 Å². The number of benzene rings is 2. The summed E-state index contributed by atoms with van der Waals surface area (Å²) >= 11 is 0. The molecule has 0 unspecified atom stereocenters. The molecule has 1 saturated heterocycles. The number of hydrogen-bond donors (Lipinski definition) is 1. The second-order valence-corrected chi connectivity index (χ2v) is 8.22. The third-order valence-electron chi connectivity index (χ3n) is 5.96. The van der Waals surface area contributed by atoms with Crippen molar-refractivity contribution in [3.8, 4) is 28.3 Å². The van der Waals surface area contributed by atoms with Gasteiger partial charge in [0, 0.05) is 37.5 Å². The van der Waals surface area contributed by atoms with E-state index in [0.29, 0.717) is 43.4 Å². The molecule has 10 nitrogen and oxygen atoms in total. The molecular weight excluding hydrogens is 450 g/mol. The molecule has 0 spiro atoms. The molecule has 0 radical (unpaired) electrons. The number of aromatic nitrogens is 4. The molecule has 0 aliphatic carbocycles. The Morgan fingerprint density at radius 1 is 1.14 bits per heavy atom. The predicted octanol–water partition coefficient (Wildman–Crippen LogP) is 2.59. The molecule has 1 fully saturated rings. The summed E-state index contributed by atoms with van der Waals surface area (Å²) in [5.41, 5.74) is 4.88. The predicted molar refractivity (Wildman–Crippen MR) is 129 cm³/mol. The number of carbonyl (C=O) groups excluding carboxylic acids is 1. The standard InChI is InChI=1S/C25H27N5O5/c1-29-13-17(11-28-29)16-4-5-21-20(8-16)27-15-30(21)18-9-22(32-2)24(23(10-18)33-3)25(31)26-12-19-14-34-6-7-35-19/h4-5,8-11,13,15,19H,6-7,12,14H2,1-3H3,(H,26,31)/t19-/m0/s1. The number of imidazole rings is 1. The molecule has 10 heteroatoms. The highest BCUT2D eigenvalue weighted by Gasteiger charge is 2.23. The van der Waals surface area contributed by atoms with Gasteiger partial charge in [0.25, 0.3) is 5.91 Å². The Morgan fingerprint density at radius 3 is 2.60 bits per heavy atom. The summed E-state index contributed by atoms with van der Waals surface area (Å²) in [5, 5.41) is 7.14. The smallest absolute Gasteiger partial charge is 0.258 e. The Balaban J connectivity index is 1.45. The molecule has 35 heavy (non-hydrogen) atoms. The van der Waals surface area contributed by atoms with Gasteiger partial charge in [-0.1, -0.05) is 6.07 Å². The van der Waals surface area contributed by atoms with Gasteiger partial charge in [-0.15, -0.1) is 0 Å². The van der Waals surface area contributed by atoms with Crippen LogP contribution in [0.1, 0.15) is 10.4 Å². The van der Waals surface area contributed by atoms with Crippen LogP contribution < -0.4 is 14.8 Å². The fourth-order valence-corrected chi connectivity index (χ4v) is 4.18. The number of methoxy groups -OCH3 is 2. The molecule has 182 valence electrons. The molecule has 1 aliphatic heterocycles. The highest BCUT2D eigenvalue weighted by Crippen LogP contribution is 2.34. The van der Waals surface area contributed by atoms with Crippen LogP contribution in [0.2, 0.25) is 0 Å². The van der Waals surface area contributed by atoms with E-state index in [0.717, 1.165) is 27.8 Å². The quantitative estimate of drug-likeness (QED) is 0.437. The van der Waals surface area contributed by atoms with Crippen molar-refractivity contribution in [2.45, 2.75) is 6.10 Å². The second-order valence-electron chi connectivity index (χ2n) is 8.22. The number of hydrogen-bond acceptors (Lipinski definition) is 7. The topological polar surface area (TPSA) is 102 Å². The molecule has 2 aromatic carbocycles. The van der Waals surface area contributed by atoms with Crippen molar-refractivity contribution in [1.29, 1.82) is 0 Å². The minimum atomic E-state index is -0.309. The van der Waals surface area contributed by atoms with Crippen LogP contribution in [0.15, 0.2) is 49.1 Å². The first kappa shape index (κ1) is 22.9. The minimum Gasteiger partial charge on any atom is -0.496 e. The Morgan fingerprint density at radius 2 is 1.94 bits per heavy atom. The van der Waals surface area contributed by atoms with Gasteiger partial charge in [-0.2, -0.15) is 5.10 Å². The maximum atomic E-state index is 13.0. The Bertz CT molecular complexity index is 1330. The van der Waals surface area contributed by atoms with Gasteiger partial charge in [0.15, 0.2) is 0 Å². The number of carbonyl (C=O) groups is 1. The normalized spacial score (nSPS) is 15.8. The van der Waals surface area contributed by atoms with E-state index < -0.39 is 0 Å². The molecule has 1 amide bonds. The van der Waals surface area contributed by atoms with E-state index in [1.165, 1.54) is 14.2 Å². The van der Waals surface area contributed by atoms with Crippen LogP contribution in [-0.4, -0.2) is 71.9 Å². The van der Waals surface area contributed by atoms with E-state index in [9.17, 15) is 4.79 Å². The highest BCUT2D eigenvalue weighted by molar-refractivity contribution is 6.00. The van der Waals surface area contributed by atoms with Crippen molar-refractivity contribution < 1.29 is 23.7 Å². The largest absolute Gasteiger partial charge is 0.496 e. The van der Waals surface area contributed by atoms with Crippen molar-refractivity contribution in [1.82, 2.24) is 24.6 Å². The third kappa shape index (κ3) is 4.58. The van der Waals surface area contributed by atoms with Gasteiger partial charge in [0.1, 0.15) is 23.4 Å². The van der Waals surface area contributed by atoms with E-state index in [-0.39, 0.29) is 12.0 Å². The summed E-state index contributed by atoms with van der Waals surface area (Å²) in [6.45, 7) is 1.87. The zero-order valence-corrected chi connectivity index (χ0v) is 19.9. The first-order valence-corrected chi connectivity index (χ1v) is 11.3. The van der Waals surface area contributed by atoms with E-state index in [1.807, 2.05) is 42.2 Å². The summed E-state index contributed by atoms with van der Waals surface area (Å²) in [4.78, 5) is 17.6. The summed E-state index contributed by atoms with van der Waals surface area (Å²) in [5.74, 6) is 0.481. The van der Waals surface area contributed by atoms with Gasteiger partial charge in [-0.25, -0.2) is 4.98 Å². The maximum absolute atomic E-state index is 13.0. The average molecular weight is 478 g/mol. The van der Waals surface area contributed by atoms with Gasteiger partial charge in [0.05, 0.1) is 63.1 Å². The zero-order valence-electron chi connectivity index (χ0n) is 19.9. The molecule has 1 aliphatic rings. The average Bonchev–Trinajstić information content (AvgIpc) is 3.52. The number of nitrogens with zero attached hydrogens (tertiary/aromatic N) is 4. The van der Waals surface area contributed by atoms with E-state index in [2.05, 4.69) is 15.4 Å². The van der Waals surface area contributed by atoms with Crippen LogP contribution in [0, 0.1) is 0 Å². The van der Waals surface area contributed by atoms with Crippen molar-refractivity contribution in [2.24, 2.45) is 7.05 Å². The summed E-state index contributed by atoms with van der Waals surface area (Å²) < 4.78 is 25.9. The lowest BCUT2D eigenvalue weighted by Crippen LogP contribution is -2.39. The molecule has 4 aromatic rings. The van der Waals surface area contributed by atoms with Gasteiger partial charge < -0.3 is 24.3 Å². The lowest BCUT2D eigenvalue weighted by Gasteiger charge is -2.23. The first-order valence-electron chi connectivity index (χ1n) is 11.3. The van der Waals surface area contributed by atoms with Crippen LogP contribution in [0.25, 0.3) is 27.8 Å². The number of rotatable bonds is 7. The van der Waals surface area contributed by atoms with Crippen molar-refractivity contribution in [2.75, 3.05) is 40.6 Å². The molecule has 5 rings (SSSR count). The first-order chi connectivity index (χ1) is 17.1. The van der Waals surface area contributed by atoms with Crippen molar-refractivity contribution in [3.05, 3.63) is 54.6 Å².